The van der Waals surface area contributed by atoms with Crippen molar-refractivity contribution >= 4 is 15.7 Å². The van der Waals surface area contributed by atoms with Crippen LogP contribution in [0.5, 0.6) is 0 Å². The molecule has 0 radical (unpaired) electrons. The number of hydrogen-bond donors (Lipinski definition) is 1. The first kappa shape index (κ1) is 17.5. The lowest BCUT2D eigenvalue weighted by atomic mass is 9.93. The summed E-state index contributed by atoms with van der Waals surface area (Å²) >= 11 is 0. The fourth-order valence-electron chi connectivity index (χ4n) is 4.15. The first-order valence-electron chi connectivity index (χ1n) is 8.97. The molecule has 6 heteroatoms. The van der Waals surface area contributed by atoms with Gasteiger partial charge in [-0.25, -0.2) is 8.42 Å². The average Bonchev–Trinajstić information content (AvgIpc) is 2.64. The first-order chi connectivity index (χ1) is 12.4. The fraction of sp³-hybridized carbons (Fsp3) is 0.400. The summed E-state index contributed by atoms with van der Waals surface area (Å²) in [5.74, 6) is 0. The molecule has 26 heavy (non-hydrogen) atoms. The minimum absolute atomic E-state index is 0.207. The zero-order valence-electron chi connectivity index (χ0n) is 15.1. The molecule has 2 heterocycles. The van der Waals surface area contributed by atoms with Gasteiger partial charge in [-0.1, -0.05) is 30.3 Å². The van der Waals surface area contributed by atoms with Gasteiger partial charge in [-0.2, -0.15) is 4.31 Å². The highest BCUT2D eigenvalue weighted by atomic mass is 32.2. The molecular weight excluding hydrogens is 348 g/mol. The highest BCUT2D eigenvalue weighted by Gasteiger charge is 2.41. The van der Waals surface area contributed by atoms with Crippen molar-refractivity contribution in [2.45, 2.75) is 36.3 Å². The Morgan fingerprint density at radius 1 is 1.15 bits per heavy atom. The summed E-state index contributed by atoms with van der Waals surface area (Å²) in [4.78, 5) is 2.46. The van der Waals surface area contributed by atoms with Crippen molar-refractivity contribution in [2.75, 3.05) is 25.5 Å². The third-order valence-electron chi connectivity index (χ3n) is 5.67. The molecule has 4 rings (SSSR count). The summed E-state index contributed by atoms with van der Waals surface area (Å²) in [6, 6.07) is 12.6. The Balaban J connectivity index is 1.69. The molecule has 138 valence electrons. The summed E-state index contributed by atoms with van der Waals surface area (Å²) in [6.45, 7) is 1.06. The van der Waals surface area contributed by atoms with Gasteiger partial charge in [0.25, 0.3) is 0 Å². The summed E-state index contributed by atoms with van der Waals surface area (Å²) in [5.41, 5.74) is 4.10. The number of sulfonamides is 1. The van der Waals surface area contributed by atoms with Crippen LogP contribution in [0.1, 0.15) is 29.2 Å². The van der Waals surface area contributed by atoms with Crippen molar-refractivity contribution in [3.63, 3.8) is 0 Å². The Morgan fingerprint density at radius 2 is 1.92 bits per heavy atom. The third-order valence-corrected chi connectivity index (χ3v) is 7.62. The van der Waals surface area contributed by atoms with Crippen LogP contribution in [-0.2, 0) is 22.9 Å². The van der Waals surface area contributed by atoms with E-state index in [0.717, 1.165) is 24.9 Å². The van der Waals surface area contributed by atoms with Crippen LogP contribution < -0.4 is 4.90 Å². The standard InChI is InChI=1S/C20H24N2O3S/c1-21-11-5-6-15-12-14(9-10-17(15)21)13-18-20(23)16-7-3-4-8-19(16)26(24,25)22(18)2/h3-4,7-10,12,18,20,23H,5-6,11,13H2,1-2H3/t18-,20+/m1/s1. The summed E-state index contributed by atoms with van der Waals surface area (Å²) in [6.07, 6.45) is 1.82. The normalized spacial score (nSPS) is 24.8. The number of hydrogen-bond acceptors (Lipinski definition) is 4. The lowest BCUT2D eigenvalue weighted by Crippen LogP contribution is -2.46. The van der Waals surface area contributed by atoms with Crippen LogP contribution in [0.15, 0.2) is 47.4 Å². The lowest BCUT2D eigenvalue weighted by Gasteiger charge is -2.37. The van der Waals surface area contributed by atoms with Crippen molar-refractivity contribution in [3.8, 4) is 0 Å². The molecule has 0 bridgehead atoms. The number of benzene rings is 2. The van der Waals surface area contributed by atoms with Gasteiger partial charge in [-0.3, -0.25) is 0 Å². The minimum Gasteiger partial charge on any atom is -0.387 e. The van der Waals surface area contributed by atoms with Crippen molar-refractivity contribution < 1.29 is 13.5 Å². The van der Waals surface area contributed by atoms with E-state index in [1.54, 1.807) is 31.3 Å². The molecule has 0 saturated carbocycles. The number of likely N-dealkylation sites (N-methyl/N-ethyl adjacent to an activating group) is 1. The summed E-state index contributed by atoms with van der Waals surface area (Å²) in [7, 11) is 0.0740. The van der Waals surface area contributed by atoms with Crippen LogP contribution in [0.2, 0.25) is 0 Å². The quantitative estimate of drug-likeness (QED) is 0.879. The van der Waals surface area contributed by atoms with E-state index < -0.39 is 22.2 Å². The molecule has 0 spiro atoms. The molecule has 2 aromatic carbocycles. The Hall–Kier alpha value is -1.89. The second kappa shape index (κ2) is 6.37. The van der Waals surface area contributed by atoms with Crippen LogP contribution in [0.3, 0.4) is 0 Å². The average molecular weight is 372 g/mol. The number of fused-ring (bicyclic) bond motifs is 2. The van der Waals surface area contributed by atoms with E-state index in [4.69, 9.17) is 0 Å². The number of aliphatic hydroxyl groups is 1. The van der Waals surface area contributed by atoms with Crippen LogP contribution in [0, 0.1) is 0 Å². The molecule has 5 nitrogen and oxygen atoms in total. The summed E-state index contributed by atoms with van der Waals surface area (Å²) < 4.78 is 27.0. The minimum atomic E-state index is -3.58. The SMILES string of the molecule is CN1CCCc2cc(C[C@@H]3[C@@H](O)c4ccccc4S(=O)(=O)N3C)ccc21. The molecular formula is C20H24N2O3S. The van der Waals surface area contributed by atoms with E-state index in [2.05, 4.69) is 24.1 Å². The Bertz CT molecular complexity index is 942. The van der Waals surface area contributed by atoms with E-state index in [9.17, 15) is 13.5 Å². The van der Waals surface area contributed by atoms with Gasteiger partial charge in [-0.05, 0) is 42.5 Å². The molecule has 2 aliphatic rings. The fourth-order valence-corrected chi connectivity index (χ4v) is 5.74. The Morgan fingerprint density at radius 3 is 2.73 bits per heavy atom. The molecule has 2 aromatic rings. The van der Waals surface area contributed by atoms with Crippen molar-refractivity contribution in [2.24, 2.45) is 0 Å². The topological polar surface area (TPSA) is 60.9 Å². The maximum absolute atomic E-state index is 12.8. The number of anilines is 1. The number of rotatable bonds is 2. The van der Waals surface area contributed by atoms with Gasteiger partial charge in [0.2, 0.25) is 10.0 Å². The number of aryl methyl sites for hydroxylation is 1. The molecule has 0 amide bonds. The van der Waals surface area contributed by atoms with Gasteiger partial charge in [-0.15, -0.1) is 0 Å². The van der Waals surface area contributed by atoms with E-state index in [1.807, 2.05) is 6.07 Å². The van der Waals surface area contributed by atoms with Gasteiger partial charge < -0.3 is 10.0 Å². The predicted molar refractivity (Wildman–Crippen MR) is 102 cm³/mol. The van der Waals surface area contributed by atoms with Crippen LogP contribution >= 0.6 is 0 Å². The highest BCUT2D eigenvalue weighted by Crippen LogP contribution is 2.37. The summed E-state index contributed by atoms with van der Waals surface area (Å²) in [5, 5.41) is 10.9. The molecule has 0 unspecified atom stereocenters. The van der Waals surface area contributed by atoms with Crippen LogP contribution in [0.25, 0.3) is 0 Å². The molecule has 0 aliphatic carbocycles. The van der Waals surface area contributed by atoms with Gasteiger partial charge in [0.05, 0.1) is 17.0 Å². The maximum atomic E-state index is 12.8. The second-order valence-electron chi connectivity index (χ2n) is 7.26. The number of nitrogens with zero attached hydrogens (tertiary/aromatic N) is 2. The smallest absolute Gasteiger partial charge is 0.243 e. The second-order valence-corrected chi connectivity index (χ2v) is 9.23. The Labute approximate surface area is 154 Å². The van der Waals surface area contributed by atoms with Crippen molar-refractivity contribution in [3.05, 3.63) is 59.2 Å². The third kappa shape index (κ3) is 2.73. The van der Waals surface area contributed by atoms with Crippen molar-refractivity contribution in [1.29, 1.82) is 0 Å². The number of aliphatic hydroxyl groups excluding tert-OH is 1. The lowest BCUT2D eigenvalue weighted by molar-refractivity contribution is 0.0892. The van der Waals surface area contributed by atoms with Gasteiger partial charge >= 0.3 is 0 Å². The predicted octanol–water partition coefficient (Wildman–Crippen LogP) is 2.35. The van der Waals surface area contributed by atoms with E-state index >= 15 is 0 Å². The molecule has 2 aliphatic heterocycles. The largest absolute Gasteiger partial charge is 0.387 e. The van der Waals surface area contributed by atoms with Gasteiger partial charge in [0.1, 0.15) is 0 Å². The van der Waals surface area contributed by atoms with E-state index in [1.165, 1.54) is 15.6 Å². The van der Waals surface area contributed by atoms with Gasteiger partial charge in [0, 0.05) is 31.9 Å². The molecule has 0 fully saturated rings. The van der Waals surface area contributed by atoms with Crippen LogP contribution in [0.4, 0.5) is 5.69 Å². The highest BCUT2D eigenvalue weighted by molar-refractivity contribution is 7.89. The first-order valence-corrected chi connectivity index (χ1v) is 10.4. The van der Waals surface area contributed by atoms with E-state index in [-0.39, 0.29) is 4.90 Å². The zero-order chi connectivity index (χ0) is 18.5. The monoisotopic (exact) mass is 372 g/mol. The zero-order valence-corrected chi connectivity index (χ0v) is 15.9. The molecule has 1 N–H and O–H groups in total. The molecule has 0 saturated heterocycles. The Kier molecular flexibility index (Phi) is 4.29. The van der Waals surface area contributed by atoms with Crippen molar-refractivity contribution in [1.82, 2.24) is 4.31 Å². The maximum Gasteiger partial charge on any atom is 0.243 e. The molecule has 2 atom stereocenters. The molecule has 0 aromatic heterocycles. The van der Waals surface area contributed by atoms with Gasteiger partial charge in [0.15, 0.2) is 0 Å². The van der Waals surface area contributed by atoms with Crippen LogP contribution in [-0.4, -0.2) is 44.5 Å². The van der Waals surface area contributed by atoms with E-state index in [0.29, 0.717) is 12.0 Å².